The Morgan fingerprint density at radius 2 is 1.77 bits per heavy atom. The van der Waals surface area contributed by atoms with E-state index in [9.17, 15) is 9.18 Å². The van der Waals surface area contributed by atoms with Crippen LogP contribution in [0.1, 0.15) is 40.0 Å². The number of carbonyl (C=O) groups excluding carboxylic acids is 1. The van der Waals surface area contributed by atoms with Crippen LogP contribution < -0.4 is 10.2 Å². The molecule has 0 radical (unpaired) electrons. The van der Waals surface area contributed by atoms with Crippen molar-refractivity contribution in [3.63, 3.8) is 0 Å². The Balaban J connectivity index is 1.50. The molecule has 1 aromatic rings. The summed E-state index contributed by atoms with van der Waals surface area (Å²) in [5.74, 6) is 1.19. The highest BCUT2D eigenvalue weighted by molar-refractivity contribution is 5.81. The third kappa shape index (κ3) is 4.37. The monoisotopic (exact) mass is 361 g/mol. The van der Waals surface area contributed by atoms with Gasteiger partial charge < -0.3 is 10.2 Å². The van der Waals surface area contributed by atoms with Crippen LogP contribution in [0.15, 0.2) is 24.3 Å². The third-order valence-electron chi connectivity index (χ3n) is 6.47. The molecule has 1 aromatic carbocycles. The van der Waals surface area contributed by atoms with Crippen molar-refractivity contribution in [2.24, 2.45) is 11.8 Å². The fourth-order valence-corrected chi connectivity index (χ4v) is 4.27. The van der Waals surface area contributed by atoms with Crippen molar-refractivity contribution in [3.8, 4) is 0 Å². The van der Waals surface area contributed by atoms with Crippen LogP contribution in [0.4, 0.5) is 10.1 Å². The predicted molar refractivity (Wildman–Crippen MR) is 104 cm³/mol. The molecule has 0 aromatic heterocycles. The molecule has 2 fully saturated rings. The largest absolute Gasteiger partial charge is 0.369 e. The van der Waals surface area contributed by atoms with E-state index >= 15 is 0 Å². The molecule has 26 heavy (non-hydrogen) atoms. The van der Waals surface area contributed by atoms with Gasteiger partial charge in [0.05, 0.1) is 6.04 Å². The molecule has 144 valence electrons. The van der Waals surface area contributed by atoms with Crippen molar-refractivity contribution in [3.05, 3.63) is 30.1 Å². The summed E-state index contributed by atoms with van der Waals surface area (Å²) in [5.41, 5.74) is 1.05. The number of hydrogen-bond acceptors (Lipinski definition) is 3. The molecule has 1 N–H and O–H groups in total. The van der Waals surface area contributed by atoms with Crippen molar-refractivity contribution in [1.82, 2.24) is 10.2 Å². The highest BCUT2D eigenvalue weighted by Crippen LogP contribution is 2.29. The number of hydrogen-bond donors (Lipinski definition) is 1. The number of anilines is 1. The van der Waals surface area contributed by atoms with E-state index in [1.54, 1.807) is 0 Å². The molecule has 3 rings (SSSR count). The summed E-state index contributed by atoms with van der Waals surface area (Å²) in [6, 6.07) is 6.87. The Hall–Kier alpha value is -1.62. The molecule has 4 atom stereocenters. The molecular formula is C21H32FN3O. The zero-order valence-electron chi connectivity index (χ0n) is 16.2. The summed E-state index contributed by atoms with van der Waals surface area (Å²) in [6.07, 6.45) is 3.58. The van der Waals surface area contributed by atoms with Crippen molar-refractivity contribution < 1.29 is 9.18 Å². The predicted octanol–water partition coefficient (Wildman–Crippen LogP) is 3.28. The number of benzene rings is 1. The standard InChI is InChI=1S/C21H32FN3O/c1-15-5-4-6-20(16(15)2)23-21(26)17(3)24-11-13-25(14-12-24)19-9-7-18(22)8-10-19/h7-10,15-17,20H,4-6,11-14H2,1-3H3,(H,23,26)/t15-,16+,17+,20-/m0/s1. The summed E-state index contributed by atoms with van der Waals surface area (Å²) in [7, 11) is 0. The fraction of sp³-hybridized carbons (Fsp3) is 0.667. The second kappa shape index (κ2) is 8.38. The first-order valence-electron chi connectivity index (χ1n) is 10.0. The maximum atomic E-state index is 13.1. The number of amides is 1. The molecule has 0 spiro atoms. The molecule has 5 heteroatoms. The number of nitrogens with zero attached hydrogens (tertiary/aromatic N) is 2. The Morgan fingerprint density at radius 1 is 1.12 bits per heavy atom. The van der Waals surface area contributed by atoms with Gasteiger partial charge in [-0.3, -0.25) is 9.69 Å². The molecule has 1 saturated carbocycles. The first-order valence-corrected chi connectivity index (χ1v) is 10.0. The first kappa shape index (κ1) is 19.2. The van der Waals surface area contributed by atoms with Gasteiger partial charge in [-0.2, -0.15) is 0 Å². The number of rotatable bonds is 4. The zero-order valence-corrected chi connectivity index (χ0v) is 16.2. The lowest BCUT2D eigenvalue weighted by Gasteiger charge is -2.40. The van der Waals surface area contributed by atoms with E-state index < -0.39 is 0 Å². The van der Waals surface area contributed by atoms with Gasteiger partial charge in [0.15, 0.2) is 0 Å². The van der Waals surface area contributed by atoms with Gasteiger partial charge in [-0.25, -0.2) is 4.39 Å². The molecule has 1 heterocycles. The Kier molecular flexibility index (Phi) is 6.17. The van der Waals surface area contributed by atoms with E-state index in [0.29, 0.717) is 17.9 Å². The van der Waals surface area contributed by atoms with Gasteiger partial charge in [0.1, 0.15) is 5.82 Å². The van der Waals surface area contributed by atoms with Crippen LogP contribution in [-0.2, 0) is 4.79 Å². The van der Waals surface area contributed by atoms with Crippen molar-refractivity contribution in [2.75, 3.05) is 31.1 Å². The van der Waals surface area contributed by atoms with E-state index in [1.807, 2.05) is 19.1 Å². The lowest BCUT2D eigenvalue weighted by molar-refractivity contribution is -0.127. The SMILES string of the molecule is C[C@H]1[C@@H](NC(=O)[C@@H](C)N2CCN(c3ccc(F)cc3)CC2)CCC[C@@H]1C. The third-order valence-corrected chi connectivity index (χ3v) is 6.47. The maximum Gasteiger partial charge on any atom is 0.237 e. The second-order valence-corrected chi connectivity index (χ2v) is 8.06. The van der Waals surface area contributed by atoms with Crippen LogP contribution in [0.3, 0.4) is 0 Å². The number of carbonyl (C=O) groups is 1. The number of piperazine rings is 1. The Labute approximate surface area is 156 Å². The molecule has 1 aliphatic heterocycles. The van der Waals surface area contributed by atoms with Crippen molar-refractivity contribution in [2.45, 2.75) is 52.1 Å². The Morgan fingerprint density at radius 3 is 2.42 bits per heavy atom. The topological polar surface area (TPSA) is 35.6 Å². The minimum atomic E-state index is -0.205. The van der Waals surface area contributed by atoms with Crippen LogP contribution in [0.2, 0.25) is 0 Å². The molecule has 1 amide bonds. The zero-order chi connectivity index (χ0) is 18.7. The summed E-state index contributed by atoms with van der Waals surface area (Å²) in [4.78, 5) is 17.3. The van der Waals surface area contributed by atoms with E-state index in [1.165, 1.54) is 25.0 Å². The van der Waals surface area contributed by atoms with Crippen LogP contribution in [-0.4, -0.2) is 49.1 Å². The second-order valence-electron chi connectivity index (χ2n) is 8.06. The normalized spacial score (nSPS) is 28.6. The molecular weight excluding hydrogens is 329 g/mol. The average molecular weight is 362 g/mol. The van der Waals surface area contributed by atoms with Gasteiger partial charge in [-0.1, -0.05) is 26.7 Å². The van der Waals surface area contributed by atoms with Gasteiger partial charge in [0, 0.05) is 37.9 Å². The molecule has 2 aliphatic rings. The first-order chi connectivity index (χ1) is 12.5. The molecule has 1 saturated heterocycles. The number of nitrogens with one attached hydrogen (secondary N) is 1. The summed E-state index contributed by atoms with van der Waals surface area (Å²) < 4.78 is 13.1. The Bertz CT molecular complexity index is 598. The molecule has 0 unspecified atom stereocenters. The number of halogens is 1. The minimum Gasteiger partial charge on any atom is -0.369 e. The van der Waals surface area contributed by atoms with Gasteiger partial charge in [0.25, 0.3) is 0 Å². The molecule has 4 nitrogen and oxygen atoms in total. The smallest absolute Gasteiger partial charge is 0.237 e. The van der Waals surface area contributed by atoms with Gasteiger partial charge >= 0.3 is 0 Å². The van der Waals surface area contributed by atoms with Gasteiger partial charge in [-0.05, 0) is 49.4 Å². The van der Waals surface area contributed by atoms with Gasteiger partial charge in [0.2, 0.25) is 5.91 Å². The average Bonchev–Trinajstić information content (AvgIpc) is 2.65. The highest BCUT2D eigenvalue weighted by atomic mass is 19.1. The van der Waals surface area contributed by atoms with Crippen LogP contribution in [0.5, 0.6) is 0 Å². The fourth-order valence-electron chi connectivity index (χ4n) is 4.27. The van der Waals surface area contributed by atoms with Crippen molar-refractivity contribution >= 4 is 11.6 Å². The van der Waals surface area contributed by atoms with Gasteiger partial charge in [-0.15, -0.1) is 0 Å². The van der Waals surface area contributed by atoms with E-state index in [-0.39, 0.29) is 17.8 Å². The van der Waals surface area contributed by atoms with Crippen molar-refractivity contribution in [1.29, 1.82) is 0 Å². The molecule has 1 aliphatic carbocycles. The lowest BCUT2D eigenvalue weighted by Crippen LogP contribution is -2.56. The minimum absolute atomic E-state index is 0.102. The van der Waals surface area contributed by atoms with Crippen LogP contribution in [0.25, 0.3) is 0 Å². The van der Waals surface area contributed by atoms with Crippen LogP contribution in [0, 0.1) is 17.7 Å². The lowest BCUT2D eigenvalue weighted by atomic mass is 9.78. The maximum absolute atomic E-state index is 13.1. The summed E-state index contributed by atoms with van der Waals surface area (Å²) >= 11 is 0. The quantitative estimate of drug-likeness (QED) is 0.894. The van der Waals surface area contributed by atoms with E-state index in [0.717, 1.165) is 38.3 Å². The van der Waals surface area contributed by atoms with E-state index in [4.69, 9.17) is 0 Å². The summed E-state index contributed by atoms with van der Waals surface area (Å²) in [6.45, 7) is 9.99. The molecule has 0 bridgehead atoms. The van der Waals surface area contributed by atoms with E-state index in [2.05, 4.69) is 29.0 Å². The van der Waals surface area contributed by atoms with Crippen LogP contribution >= 0.6 is 0 Å². The summed E-state index contributed by atoms with van der Waals surface area (Å²) in [5, 5.41) is 3.31. The highest BCUT2D eigenvalue weighted by Gasteiger charge is 2.31.